The molecule has 0 aliphatic rings. The number of alkyl halides is 3. The van der Waals surface area contributed by atoms with Crippen LogP contribution in [0, 0.1) is 0 Å². The van der Waals surface area contributed by atoms with Crippen LogP contribution < -0.4 is 9.67 Å². The van der Waals surface area contributed by atoms with Gasteiger partial charge in [-0.15, -0.1) is 0 Å². The van der Waals surface area contributed by atoms with Gasteiger partial charge in [-0.25, -0.2) is 8.42 Å². The van der Waals surface area contributed by atoms with Crippen LogP contribution in [0.25, 0.3) is 0 Å². The summed E-state index contributed by atoms with van der Waals surface area (Å²) in [5.74, 6) is 0. The summed E-state index contributed by atoms with van der Waals surface area (Å²) in [5, 5.41) is 1.54. The highest BCUT2D eigenvalue weighted by atomic mass is 32.2. The standard InChI is InChI=1S/C12H22NSi.CHF3O3S/c1-13(2,3)11-7-9-12(10-8-11)14(4,5)6;2-1(3,4)8(5,6)7/h7-10H,1-6H3;(H,5,6,7)/q+1;/p-1. The van der Waals surface area contributed by atoms with E-state index in [2.05, 4.69) is 65.0 Å². The van der Waals surface area contributed by atoms with Crippen LogP contribution in [0.3, 0.4) is 0 Å². The van der Waals surface area contributed by atoms with Gasteiger partial charge in [0.05, 0.1) is 29.2 Å². The minimum atomic E-state index is -6.09. The Labute approximate surface area is 130 Å². The SMILES string of the molecule is C[N+](C)(C)c1ccc([Si](C)(C)C)cc1.O=S(=O)([O-])C(F)(F)F. The summed E-state index contributed by atoms with van der Waals surface area (Å²) in [6.07, 6.45) is 0. The van der Waals surface area contributed by atoms with E-state index >= 15 is 0 Å². The van der Waals surface area contributed by atoms with Crippen molar-refractivity contribution in [2.75, 3.05) is 21.1 Å². The molecule has 0 radical (unpaired) electrons. The Morgan fingerprint density at radius 2 is 1.32 bits per heavy atom. The lowest BCUT2D eigenvalue weighted by molar-refractivity contribution is -0.0517. The largest absolute Gasteiger partial charge is 0.741 e. The molecule has 0 amide bonds. The molecule has 1 rings (SSSR count). The van der Waals surface area contributed by atoms with Gasteiger partial charge in [-0.2, -0.15) is 13.2 Å². The van der Waals surface area contributed by atoms with Crippen molar-refractivity contribution in [2.45, 2.75) is 25.1 Å². The van der Waals surface area contributed by atoms with Crippen LogP contribution in [0.15, 0.2) is 24.3 Å². The van der Waals surface area contributed by atoms with Crippen molar-refractivity contribution in [3.05, 3.63) is 24.3 Å². The van der Waals surface area contributed by atoms with E-state index in [0.29, 0.717) is 0 Å². The number of nitrogens with zero attached hydrogens (tertiary/aromatic N) is 1. The van der Waals surface area contributed by atoms with E-state index in [-0.39, 0.29) is 0 Å². The molecule has 128 valence electrons. The Hall–Kier alpha value is -0.903. The predicted octanol–water partition coefficient (Wildman–Crippen LogP) is 2.48. The number of halogens is 3. The summed E-state index contributed by atoms with van der Waals surface area (Å²) >= 11 is 0. The number of hydrogen-bond donors (Lipinski definition) is 0. The predicted molar refractivity (Wildman–Crippen MR) is 84.7 cm³/mol. The minimum absolute atomic E-state index is 0.895. The average molecular weight is 357 g/mol. The molecule has 1 aromatic carbocycles. The normalized spacial score (nSPS) is 13.4. The smallest absolute Gasteiger partial charge is 0.485 e. The fourth-order valence-electron chi connectivity index (χ4n) is 1.41. The van der Waals surface area contributed by atoms with Crippen LogP contribution in [0.5, 0.6) is 0 Å². The molecular weight excluding hydrogens is 335 g/mol. The van der Waals surface area contributed by atoms with Gasteiger partial charge in [0, 0.05) is 0 Å². The third-order valence-electron chi connectivity index (χ3n) is 2.79. The molecule has 0 atom stereocenters. The van der Waals surface area contributed by atoms with Gasteiger partial charge in [0.2, 0.25) is 0 Å². The van der Waals surface area contributed by atoms with Crippen molar-refractivity contribution in [1.82, 2.24) is 4.48 Å². The molecular formula is C13H22F3NO3SSi. The van der Waals surface area contributed by atoms with Gasteiger partial charge in [-0.3, -0.25) is 4.48 Å². The minimum Gasteiger partial charge on any atom is -0.741 e. The Kier molecular flexibility index (Phi) is 6.42. The van der Waals surface area contributed by atoms with Gasteiger partial charge in [-0.1, -0.05) is 37.0 Å². The Bertz CT molecular complexity index is 552. The van der Waals surface area contributed by atoms with Gasteiger partial charge in [-0.05, 0) is 12.1 Å². The first-order chi connectivity index (χ1) is 9.46. The zero-order chi connectivity index (χ0) is 18.0. The van der Waals surface area contributed by atoms with Crippen molar-refractivity contribution < 1.29 is 26.1 Å². The summed E-state index contributed by atoms with van der Waals surface area (Å²) < 4.78 is 59.8. The van der Waals surface area contributed by atoms with Crippen LogP contribution >= 0.6 is 0 Å². The topological polar surface area (TPSA) is 57.2 Å². The molecule has 0 spiro atoms. The van der Waals surface area contributed by atoms with E-state index in [4.69, 9.17) is 13.0 Å². The molecule has 0 aliphatic carbocycles. The molecule has 22 heavy (non-hydrogen) atoms. The summed E-state index contributed by atoms with van der Waals surface area (Å²) in [6, 6.07) is 9.11. The Morgan fingerprint density at radius 1 is 1.00 bits per heavy atom. The second kappa shape index (κ2) is 6.69. The molecule has 0 N–H and O–H groups in total. The second-order valence-corrected chi connectivity index (χ2v) is 13.2. The van der Waals surface area contributed by atoms with Crippen molar-refractivity contribution >= 4 is 29.1 Å². The molecule has 0 aliphatic heterocycles. The molecule has 0 bridgehead atoms. The van der Waals surface area contributed by atoms with Crippen molar-refractivity contribution in [3.63, 3.8) is 0 Å². The maximum atomic E-state index is 10.7. The quantitative estimate of drug-likeness (QED) is 0.354. The van der Waals surface area contributed by atoms with Gasteiger partial charge < -0.3 is 4.55 Å². The lowest BCUT2D eigenvalue weighted by Gasteiger charge is -2.24. The highest BCUT2D eigenvalue weighted by Crippen LogP contribution is 2.20. The lowest BCUT2D eigenvalue weighted by atomic mass is 10.3. The van der Waals surface area contributed by atoms with Crippen LogP contribution in [-0.4, -0.2) is 47.7 Å². The third kappa shape index (κ3) is 6.90. The molecule has 0 saturated carbocycles. The van der Waals surface area contributed by atoms with E-state index in [0.717, 1.165) is 4.48 Å². The van der Waals surface area contributed by atoms with Gasteiger partial charge in [0.25, 0.3) is 0 Å². The molecule has 0 unspecified atom stereocenters. The summed E-state index contributed by atoms with van der Waals surface area (Å²) in [7, 11) is -0.619. The van der Waals surface area contributed by atoms with Gasteiger partial charge in [0.1, 0.15) is 5.69 Å². The monoisotopic (exact) mass is 357 g/mol. The molecule has 0 heterocycles. The highest BCUT2D eigenvalue weighted by molar-refractivity contribution is 7.86. The first kappa shape index (κ1) is 21.1. The summed E-state index contributed by atoms with van der Waals surface area (Å²) in [6.45, 7) is 7.15. The van der Waals surface area contributed by atoms with Crippen molar-refractivity contribution in [2.24, 2.45) is 0 Å². The van der Waals surface area contributed by atoms with E-state index in [9.17, 15) is 13.2 Å². The number of quaternary nitrogens is 1. The molecule has 0 aromatic heterocycles. The maximum Gasteiger partial charge on any atom is 0.485 e. The number of benzene rings is 1. The fourth-order valence-corrected chi connectivity index (χ4v) is 2.58. The molecule has 0 saturated heterocycles. The average Bonchev–Trinajstić information content (AvgIpc) is 2.25. The van der Waals surface area contributed by atoms with Crippen LogP contribution in [-0.2, 0) is 10.1 Å². The molecule has 4 nitrogen and oxygen atoms in total. The summed E-state index contributed by atoms with van der Waals surface area (Å²) in [4.78, 5) is 0. The van der Waals surface area contributed by atoms with Gasteiger partial charge in [0.15, 0.2) is 10.1 Å². The highest BCUT2D eigenvalue weighted by Gasteiger charge is 2.36. The van der Waals surface area contributed by atoms with E-state index < -0.39 is 23.7 Å². The Balaban J connectivity index is 0.000000472. The number of rotatable bonds is 2. The zero-order valence-corrected chi connectivity index (χ0v) is 15.3. The first-order valence-corrected chi connectivity index (χ1v) is 11.3. The van der Waals surface area contributed by atoms with Crippen LogP contribution in [0.1, 0.15) is 0 Å². The van der Waals surface area contributed by atoms with Crippen molar-refractivity contribution in [1.29, 1.82) is 0 Å². The summed E-state index contributed by atoms with van der Waals surface area (Å²) in [5.41, 5.74) is -4.28. The van der Waals surface area contributed by atoms with Crippen LogP contribution in [0.4, 0.5) is 18.9 Å². The zero-order valence-electron chi connectivity index (χ0n) is 13.5. The fraction of sp³-hybridized carbons (Fsp3) is 0.538. The first-order valence-electron chi connectivity index (χ1n) is 6.41. The molecule has 0 fully saturated rings. The number of hydrogen-bond acceptors (Lipinski definition) is 3. The second-order valence-electron chi connectivity index (χ2n) is 6.71. The maximum absolute atomic E-state index is 10.7. The van der Waals surface area contributed by atoms with E-state index in [1.54, 1.807) is 0 Å². The van der Waals surface area contributed by atoms with Crippen LogP contribution in [0.2, 0.25) is 19.6 Å². The Morgan fingerprint density at radius 3 is 1.50 bits per heavy atom. The molecule has 9 heteroatoms. The van der Waals surface area contributed by atoms with Crippen molar-refractivity contribution in [3.8, 4) is 0 Å². The van der Waals surface area contributed by atoms with Gasteiger partial charge >= 0.3 is 5.51 Å². The van der Waals surface area contributed by atoms with E-state index in [1.807, 2.05) is 0 Å². The third-order valence-corrected chi connectivity index (χ3v) is 5.42. The lowest BCUT2D eigenvalue weighted by Crippen LogP contribution is -2.39. The molecule has 1 aromatic rings. The van der Waals surface area contributed by atoms with E-state index in [1.165, 1.54) is 10.9 Å².